The smallest absolute Gasteiger partial charge is 0.0561 e. The summed E-state index contributed by atoms with van der Waals surface area (Å²) in [5.41, 5.74) is 11.6. The lowest BCUT2D eigenvalue weighted by Crippen LogP contribution is -2.11. The molecule has 2 heterocycles. The number of rotatable bonds is 6. The molecule has 258 valence electrons. The van der Waals surface area contributed by atoms with Crippen LogP contribution in [-0.4, -0.2) is 4.57 Å². The Hall–Kier alpha value is -6.94. The van der Waals surface area contributed by atoms with E-state index in [1.165, 1.54) is 75.0 Å². The molecule has 2 nitrogen and oxygen atoms in total. The summed E-state index contributed by atoms with van der Waals surface area (Å²) in [6.45, 7) is 0. The van der Waals surface area contributed by atoms with E-state index in [9.17, 15) is 0 Å². The van der Waals surface area contributed by atoms with Gasteiger partial charge in [-0.3, -0.25) is 0 Å². The average Bonchev–Trinajstić information content (AvgIpc) is 3.80. The van der Waals surface area contributed by atoms with Crippen LogP contribution in [0.5, 0.6) is 0 Å². The minimum absolute atomic E-state index is 1.10. The van der Waals surface area contributed by atoms with Gasteiger partial charge in [-0.2, -0.15) is 0 Å². The topological polar surface area (TPSA) is 8.17 Å². The van der Waals surface area contributed by atoms with Gasteiger partial charge in [-0.25, -0.2) is 0 Å². The molecule has 11 aromatic rings. The van der Waals surface area contributed by atoms with Crippen molar-refractivity contribution in [1.29, 1.82) is 0 Å². The van der Waals surface area contributed by atoms with Crippen LogP contribution >= 0.6 is 11.3 Å². The van der Waals surface area contributed by atoms with Crippen LogP contribution in [0.1, 0.15) is 0 Å². The maximum absolute atomic E-state index is 2.45. The molecule has 2 aromatic heterocycles. The molecular formula is C52H34N2S. The van der Waals surface area contributed by atoms with Gasteiger partial charge in [-0.15, -0.1) is 11.3 Å². The summed E-state index contributed by atoms with van der Waals surface area (Å²) in [5, 5.41) is 7.66. The number of hydrogen-bond donors (Lipinski definition) is 0. The van der Waals surface area contributed by atoms with Gasteiger partial charge in [-0.1, -0.05) is 146 Å². The number of para-hydroxylation sites is 3. The largest absolute Gasteiger partial charge is 0.310 e. The molecule has 0 aliphatic heterocycles. The van der Waals surface area contributed by atoms with Crippen molar-refractivity contribution in [2.24, 2.45) is 0 Å². The van der Waals surface area contributed by atoms with Crippen LogP contribution in [0.2, 0.25) is 0 Å². The predicted octanol–water partition coefficient (Wildman–Crippen LogP) is 15.1. The van der Waals surface area contributed by atoms with E-state index >= 15 is 0 Å². The van der Waals surface area contributed by atoms with Gasteiger partial charge in [0.1, 0.15) is 0 Å². The van der Waals surface area contributed by atoms with Crippen LogP contribution < -0.4 is 4.90 Å². The van der Waals surface area contributed by atoms with E-state index in [1.807, 2.05) is 11.3 Å². The van der Waals surface area contributed by atoms with Crippen molar-refractivity contribution in [2.45, 2.75) is 0 Å². The molecule has 3 heteroatoms. The highest BCUT2D eigenvalue weighted by Gasteiger charge is 2.22. The fraction of sp³-hybridized carbons (Fsp3) is 0. The molecule has 0 fully saturated rings. The van der Waals surface area contributed by atoms with Crippen molar-refractivity contribution >= 4 is 81.1 Å². The van der Waals surface area contributed by atoms with Gasteiger partial charge in [0.15, 0.2) is 0 Å². The number of fused-ring (bicyclic) bond motifs is 8. The molecule has 0 amide bonds. The van der Waals surface area contributed by atoms with E-state index in [1.54, 1.807) is 0 Å². The highest BCUT2D eigenvalue weighted by atomic mass is 32.1. The fourth-order valence-electron chi connectivity index (χ4n) is 8.53. The highest BCUT2D eigenvalue weighted by Crippen LogP contribution is 2.47. The van der Waals surface area contributed by atoms with Crippen molar-refractivity contribution in [2.75, 3.05) is 4.90 Å². The minimum atomic E-state index is 1.10. The Morgan fingerprint density at radius 2 is 1.04 bits per heavy atom. The summed E-state index contributed by atoms with van der Waals surface area (Å²) < 4.78 is 5.03. The van der Waals surface area contributed by atoms with Gasteiger partial charge >= 0.3 is 0 Å². The second-order valence-electron chi connectivity index (χ2n) is 14.1. The third-order valence-electron chi connectivity index (χ3n) is 11.0. The summed E-state index contributed by atoms with van der Waals surface area (Å²) in [6.07, 6.45) is 0. The summed E-state index contributed by atoms with van der Waals surface area (Å²) >= 11 is 1.87. The number of nitrogens with zero attached hydrogens (tertiary/aromatic N) is 2. The van der Waals surface area contributed by atoms with E-state index in [2.05, 4.69) is 216 Å². The molecule has 0 atom stereocenters. The number of benzene rings is 9. The Morgan fingerprint density at radius 1 is 0.382 bits per heavy atom. The summed E-state index contributed by atoms with van der Waals surface area (Å²) in [7, 11) is 0. The maximum Gasteiger partial charge on any atom is 0.0561 e. The first kappa shape index (κ1) is 31.6. The molecule has 0 unspecified atom stereocenters. The quantitative estimate of drug-likeness (QED) is 0.166. The number of thiophene rings is 1. The molecule has 55 heavy (non-hydrogen) atoms. The Morgan fingerprint density at radius 3 is 1.89 bits per heavy atom. The first-order valence-electron chi connectivity index (χ1n) is 18.8. The Balaban J connectivity index is 1.18. The predicted molar refractivity (Wildman–Crippen MR) is 237 cm³/mol. The van der Waals surface area contributed by atoms with Crippen molar-refractivity contribution in [3.63, 3.8) is 0 Å². The van der Waals surface area contributed by atoms with Crippen LogP contribution in [0.25, 0.3) is 80.7 Å². The third kappa shape index (κ3) is 5.16. The van der Waals surface area contributed by atoms with Gasteiger partial charge in [0.2, 0.25) is 0 Å². The van der Waals surface area contributed by atoms with E-state index < -0.39 is 0 Å². The second-order valence-corrected chi connectivity index (χ2v) is 15.2. The van der Waals surface area contributed by atoms with Gasteiger partial charge in [0.05, 0.1) is 16.7 Å². The minimum Gasteiger partial charge on any atom is -0.310 e. The van der Waals surface area contributed by atoms with E-state index in [4.69, 9.17) is 0 Å². The molecule has 9 aromatic carbocycles. The number of aromatic nitrogens is 1. The molecule has 0 radical (unpaired) electrons. The van der Waals surface area contributed by atoms with Gasteiger partial charge < -0.3 is 9.47 Å². The van der Waals surface area contributed by atoms with Crippen LogP contribution in [0.4, 0.5) is 17.1 Å². The Bertz CT molecular complexity index is 3190. The second kappa shape index (κ2) is 12.9. The molecule has 11 rings (SSSR count). The highest BCUT2D eigenvalue weighted by molar-refractivity contribution is 7.26. The molecule has 0 aliphatic carbocycles. The molecular weight excluding hydrogens is 685 g/mol. The average molecular weight is 719 g/mol. The third-order valence-corrected chi connectivity index (χ3v) is 12.1. The fourth-order valence-corrected chi connectivity index (χ4v) is 9.64. The van der Waals surface area contributed by atoms with Crippen molar-refractivity contribution in [3.05, 3.63) is 206 Å². The Kier molecular flexibility index (Phi) is 7.39. The zero-order valence-electron chi connectivity index (χ0n) is 29.9. The van der Waals surface area contributed by atoms with Gasteiger partial charge in [0.25, 0.3) is 0 Å². The van der Waals surface area contributed by atoms with Crippen molar-refractivity contribution in [3.8, 4) is 27.9 Å². The zero-order valence-corrected chi connectivity index (χ0v) is 30.7. The van der Waals surface area contributed by atoms with Crippen molar-refractivity contribution < 1.29 is 0 Å². The van der Waals surface area contributed by atoms with E-state index in [-0.39, 0.29) is 0 Å². The molecule has 0 aliphatic rings. The molecule has 0 N–H and O–H groups in total. The summed E-state index contributed by atoms with van der Waals surface area (Å²) in [6, 6.07) is 75.2. The molecule has 0 bridgehead atoms. The van der Waals surface area contributed by atoms with Crippen LogP contribution in [0.15, 0.2) is 206 Å². The summed E-state index contributed by atoms with van der Waals surface area (Å²) in [5.74, 6) is 0. The number of hydrogen-bond acceptors (Lipinski definition) is 2. The van der Waals surface area contributed by atoms with Crippen LogP contribution in [0.3, 0.4) is 0 Å². The molecule has 0 saturated heterocycles. The van der Waals surface area contributed by atoms with E-state index in [0.717, 1.165) is 22.7 Å². The summed E-state index contributed by atoms with van der Waals surface area (Å²) in [4.78, 5) is 2.45. The molecule has 0 saturated carbocycles. The Labute approximate surface area is 323 Å². The van der Waals surface area contributed by atoms with Crippen LogP contribution in [-0.2, 0) is 0 Å². The lowest BCUT2D eigenvalue weighted by atomic mass is 9.93. The van der Waals surface area contributed by atoms with Gasteiger partial charge in [-0.05, 0) is 88.1 Å². The lowest BCUT2D eigenvalue weighted by Gasteiger charge is -2.28. The maximum atomic E-state index is 2.45. The van der Waals surface area contributed by atoms with Gasteiger partial charge in [0, 0.05) is 53.6 Å². The normalized spacial score (nSPS) is 11.6. The monoisotopic (exact) mass is 718 g/mol. The SMILES string of the molecule is c1ccc(-c2ccc(N(c3ccc4c5ccccc5n(-c5ccccc5)c4c3)c3ccccc3-c3cccc4ccc5sc6ccccc6c5c34)cc2)cc1. The lowest BCUT2D eigenvalue weighted by molar-refractivity contribution is 1.18. The molecule has 0 spiro atoms. The standard InChI is InChI=1S/C52H34N2S/c1-3-14-35(15-4-1)36-26-29-39(30-27-36)53(40-31-32-43-41-19-7-11-24-47(41)54(48(43)34-40)38-17-5-2-6-18-38)46-23-10-8-20-42(46)44-22-13-16-37-28-33-50-52(51(37)44)45-21-9-12-25-49(45)55-50/h1-34H. The zero-order chi connectivity index (χ0) is 36.3. The first-order chi connectivity index (χ1) is 27.3. The first-order valence-corrected chi connectivity index (χ1v) is 19.6. The van der Waals surface area contributed by atoms with E-state index in [0.29, 0.717) is 0 Å². The van der Waals surface area contributed by atoms with Crippen LogP contribution in [0, 0.1) is 0 Å². The number of anilines is 3. The van der Waals surface area contributed by atoms with Crippen molar-refractivity contribution in [1.82, 2.24) is 4.57 Å².